The van der Waals surface area contributed by atoms with E-state index in [1.165, 1.54) is 37.6 Å². The number of methoxy groups -OCH3 is 1. The van der Waals surface area contributed by atoms with Gasteiger partial charge in [-0.2, -0.15) is 0 Å². The molecule has 0 atom stereocenters. The average Bonchev–Trinajstić information content (AvgIpc) is 3.76. The molecule has 1 aliphatic carbocycles. The SMILES string of the molecule is COc1ccc(S(=O)(=O)NC(=O)c2c(-c3ccc[nH]c3=O)c3cc(C4CC4)ccc3n2Cc2ccnc(N)c2)cc1. The van der Waals surface area contributed by atoms with Gasteiger partial charge in [-0.25, -0.2) is 18.1 Å². The molecule has 1 aliphatic rings. The van der Waals surface area contributed by atoms with E-state index >= 15 is 0 Å². The third-order valence-electron chi connectivity index (χ3n) is 7.22. The van der Waals surface area contributed by atoms with E-state index in [2.05, 4.69) is 14.7 Å². The number of nitrogen functional groups attached to an aromatic ring is 1. The zero-order valence-electron chi connectivity index (χ0n) is 22.1. The van der Waals surface area contributed by atoms with E-state index in [0.717, 1.165) is 24.0 Å². The number of nitrogens with one attached hydrogen (secondary N) is 2. The zero-order valence-corrected chi connectivity index (χ0v) is 22.9. The van der Waals surface area contributed by atoms with Crippen molar-refractivity contribution < 1.29 is 17.9 Å². The Hall–Kier alpha value is -4.90. The number of H-pyrrole nitrogens is 1. The molecule has 3 aromatic heterocycles. The van der Waals surface area contributed by atoms with Crippen LogP contribution in [0.3, 0.4) is 0 Å². The molecule has 11 heteroatoms. The molecule has 3 heterocycles. The van der Waals surface area contributed by atoms with Crippen molar-refractivity contribution >= 4 is 32.7 Å². The number of nitrogens with two attached hydrogens (primary N) is 1. The van der Waals surface area contributed by atoms with Crippen molar-refractivity contribution in [3.63, 3.8) is 0 Å². The second kappa shape index (κ2) is 10.3. The minimum absolute atomic E-state index is 0.0390. The van der Waals surface area contributed by atoms with Crippen LogP contribution in [0.2, 0.25) is 0 Å². The van der Waals surface area contributed by atoms with E-state index in [-0.39, 0.29) is 22.7 Å². The number of sulfonamides is 1. The van der Waals surface area contributed by atoms with Crippen LogP contribution in [-0.4, -0.2) is 36.0 Å². The first-order valence-corrected chi connectivity index (χ1v) is 14.5. The molecule has 208 valence electrons. The molecule has 0 aliphatic heterocycles. The predicted molar refractivity (Wildman–Crippen MR) is 155 cm³/mol. The number of rotatable bonds is 8. The molecule has 1 saturated carbocycles. The van der Waals surface area contributed by atoms with Crippen molar-refractivity contribution in [2.75, 3.05) is 12.8 Å². The normalized spacial score (nSPS) is 13.3. The lowest BCUT2D eigenvalue weighted by atomic mass is 10.00. The summed E-state index contributed by atoms with van der Waals surface area (Å²) in [5.74, 6) is 0.328. The van der Waals surface area contributed by atoms with Crippen molar-refractivity contribution in [1.29, 1.82) is 0 Å². The summed E-state index contributed by atoms with van der Waals surface area (Å²) in [7, 11) is -2.80. The largest absolute Gasteiger partial charge is 0.497 e. The van der Waals surface area contributed by atoms with E-state index in [0.29, 0.717) is 34.0 Å². The number of carbonyl (C=O) groups is 1. The van der Waals surface area contributed by atoms with E-state index in [9.17, 15) is 18.0 Å². The summed E-state index contributed by atoms with van der Waals surface area (Å²) < 4.78 is 35.7. The molecular formula is C30H27N5O5S. The lowest BCUT2D eigenvalue weighted by Crippen LogP contribution is -2.33. The Morgan fingerprint density at radius 1 is 1.12 bits per heavy atom. The minimum atomic E-state index is -4.27. The Morgan fingerprint density at radius 3 is 2.59 bits per heavy atom. The molecule has 1 amide bonds. The highest BCUT2D eigenvalue weighted by atomic mass is 32.2. The summed E-state index contributed by atoms with van der Waals surface area (Å²) in [6.07, 6.45) is 5.21. The van der Waals surface area contributed by atoms with Crippen LogP contribution in [0.15, 0.2) is 88.8 Å². The smallest absolute Gasteiger partial charge is 0.282 e. The number of hydrogen-bond acceptors (Lipinski definition) is 7. The summed E-state index contributed by atoms with van der Waals surface area (Å²) in [5, 5.41) is 0.681. The third kappa shape index (κ3) is 5.07. The number of aromatic nitrogens is 3. The number of anilines is 1. The summed E-state index contributed by atoms with van der Waals surface area (Å²) in [4.78, 5) is 33.8. The van der Waals surface area contributed by atoms with Crippen molar-refractivity contribution in [1.82, 2.24) is 19.3 Å². The van der Waals surface area contributed by atoms with Gasteiger partial charge in [0.1, 0.15) is 17.3 Å². The summed E-state index contributed by atoms with van der Waals surface area (Å²) >= 11 is 0. The van der Waals surface area contributed by atoms with Gasteiger partial charge < -0.3 is 20.0 Å². The Kier molecular flexibility index (Phi) is 6.58. The van der Waals surface area contributed by atoms with Gasteiger partial charge in [0.05, 0.1) is 12.0 Å². The summed E-state index contributed by atoms with van der Waals surface area (Å²) in [6.45, 7) is 0.183. The quantitative estimate of drug-likeness (QED) is 0.255. The first kappa shape index (κ1) is 26.3. The van der Waals surface area contributed by atoms with Gasteiger partial charge in [-0.05, 0) is 90.6 Å². The Bertz CT molecular complexity index is 1960. The van der Waals surface area contributed by atoms with Crippen molar-refractivity contribution in [2.45, 2.75) is 30.2 Å². The van der Waals surface area contributed by atoms with Gasteiger partial charge >= 0.3 is 0 Å². The second-order valence-corrected chi connectivity index (χ2v) is 11.7. The first-order chi connectivity index (χ1) is 19.7. The fourth-order valence-corrected chi connectivity index (χ4v) is 6.05. The molecule has 0 unspecified atom stereocenters. The standard InChI is InChI=1S/C30H27N5O5S/c1-40-21-7-9-22(10-8-21)41(38,39)34-30(37)28-27(23-3-2-13-33-29(23)36)24-16-20(19-4-5-19)6-11-25(24)35(28)17-18-12-14-32-26(31)15-18/h2-3,6-16,19H,4-5,17H2,1H3,(H2,31,32)(H,33,36)(H,34,37). The number of aromatic amines is 1. The molecular weight excluding hydrogens is 542 g/mol. The highest BCUT2D eigenvalue weighted by Gasteiger charge is 2.30. The van der Waals surface area contributed by atoms with Crippen LogP contribution in [0.5, 0.6) is 5.75 Å². The van der Waals surface area contributed by atoms with E-state index in [1.807, 2.05) is 18.2 Å². The van der Waals surface area contributed by atoms with E-state index < -0.39 is 21.5 Å². The van der Waals surface area contributed by atoms with Crippen molar-refractivity contribution in [2.24, 2.45) is 0 Å². The average molecular weight is 570 g/mol. The molecule has 6 rings (SSSR count). The van der Waals surface area contributed by atoms with E-state index in [1.54, 1.807) is 35.0 Å². The maximum atomic E-state index is 14.1. The van der Waals surface area contributed by atoms with Crippen LogP contribution in [0, 0.1) is 0 Å². The number of benzene rings is 2. The Morgan fingerprint density at radius 2 is 1.90 bits per heavy atom. The fourth-order valence-electron chi connectivity index (χ4n) is 5.09. The first-order valence-electron chi connectivity index (χ1n) is 13.0. The van der Waals surface area contributed by atoms with Crippen LogP contribution in [0.4, 0.5) is 5.82 Å². The lowest BCUT2D eigenvalue weighted by Gasteiger charge is -2.14. The molecule has 1 fully saturated rings. The number of carbonyl (C=O) groups excluding carboxylic acids is 1. The zero-order chi connectivity index (χ0) is 28.7. The van der Waals surface area contributed by atoms with Gasteiger partial charge in [-0.3, -0.25) is 9.59 Å². The number of pyridine rings is 2. The number of amides is 1. The lowest BCUT2D eigenvalue weighted by molar-refractivity contribution is 0.0974. The molecule has 2 aromatic carbocycles. The predicted octanol–water partition coefficient (Wildman–Crippen LogP) is 4.03. The minimum Gasteiger partial charge on any atom is -0.497 e. The van der Waals surface area contributed by atoms with Crippen LogP contribution in [-0.2, 0) is 16.6 Å². The van der Waals surface area contributed by atoms with Crippen molar-refractivity contribution in [3.8, 4) is 16.9 Å². The fraction of sp³-hybridized carbons (Fsp3) is 0.167. The number of hydrogen-bond donors (Lipinski definition) is 3. The van der Waals surface area contributed by atoms with Crippen LogP contribution >= 0.6 is 0 Å². The highest BCUT2D eigenvalue weighted by Crippen LogP contribution is 2.43. The number of nitrogens with zero attached hydrogens (tertiary/aromatic N) is 2. The second-order valence-electron chi connectivity index (χ2n) is 9.97. The molecule has 4 N–H and O–H groups in total. The molecule has 0 radical (unpaired) electrons. The highest BCUT2D eigenvalue weighted by molar-refractivity contribution is 7.90. The molecule has 41 heavy (non-hydrogen) atoms. The van der Waals surface area contributed by atoms with Crippen molar-refractivity contribution in [3.05, 3.63) is 106 Å². The maximum Gasteiger partial charge on any atom is 0.282 e. The molecule has 0 saturated heterocycles. The molecule has 10 nitrogen and oxygen atoms in total. The topological polar surface area (TPSA) is 149 Å². The van der Waals surface area contributed by atoms with Gasteiger partial charge in [-0.1, -0.05) is 6.07 Å². The number of ether oxygens (including phenoxy) is 1. The van der Waals surface area contributed by atoms with Gasteiger partial charge in [0.2, 0.25) is 0 Å². The van der Waals surface area contributed by atoms with Gasteiger partial charge in [-0.15, -0.1) is 0 Å². The van der Waals surface area contributed by atoms with Gasteiger partial charge in [0, 0.05) is 41.0 Å². The third-order valence-corrected chi connectivity index (χ3v) is 8.57. The Labute approximate surface area is 235 Å². The van der Waals surface area contributed by atoms with E-state index in [4.69, 9.17) is 10.5 Å². The van der Waals surface area contributed by atoms with Gasteiger partial charge in [0.25, 0.3) is 21.5 Å². The Balaban J connectivity index is 1.57. The van der Waals surface area contributed by atoms with Gasteiger partial charge in [0.15, 0.2) is 0 Å². The molecule has 5 aromatic rings. The van der Waals surface area contributed by atoms with Crippen LogP contribution in [0.25, 0.3) is 22.0 Å². The van der Waals surface area contributed by atoms with Crippen LogP contribution in [0.1, 0.15) is 40.4 Å². The molecule has 0 spiro atoms. The van der Waals surface area contributed by atoms with Crippen LogP contribution < -0.4 is 20.8 Å². The number of fused-ring (bicyclic) bond motifs is 1. The summed E-state index contributed by atoms with van der Waals surface area (Å²) in [6, 6.07) is 18.4. The maximum absolute atomic E-state index is 14.1. The summed E-state index contributed by atoms with van der Waals surface area (Å²) in [5.41, 5.74) is 8.72. The molecule has 0 bridgehead atoms. The monoisotopic (exact) mass is 569 g/mol.